The van der Waals surface area contributed by atoms with E-state index in [4.69, 9.17) is 14.6 Å². The van der Waals surface area contributed by atoms with Crippen LogP contribution in [0.25, 0.3) is 0 Å². The monoisotopic (exact) mass is 210 g/mol. The number of aliphatic hydroxyl groups is 1. The minimum atomic E-state index is 0.189. The van der Waals surface area contributed by atoms with Gasteiger partial charge in [0.15, 0.2) is 0 Å². The molecule has 0 atom stereocenters. The van der Waals surface area contributed by atoms with E-state index < -0.39 is 0 Å². The van der Waals surface area contributed by atoms with E-state index in [9.17, 15) is 0 Å². The summed E-state index contributed by atoms with van der Waals surface area (Å²) in [5, 5.41) is 8.56. The van der Waals surface area contributed by atoms with Gasteiger partial charge in [0, 0.05) is 13.2 Å². The van der Waals surface area contributed by atoms with Crippen LogP contribution in [0.2, 0.25) is 0 Å². The molecule has 3 heteroatoms. The van der Waals surface area contributed by atoms with E-state index in [-0.39, 0.29) is 6.61 Å². The van der Waals surface area contributed by atoms with Crippen molar-refractivity contribution in [2.45, 2.75) is 12.8 Å². The molecule has 0 spiro atoms. The standard InChI is InChI=1S/C12H18O3/c1-14-12-6-3-2-5-11(12)7-10-15-9-4-8-13/h2-3,5-6,13H,4,7-10H2,1H3. The van der Waals surface area contributed by atoms with Gasteiger partial charge in [-0.05, 0) is 24.5 Å². The summed E-state index contributed by atoms with van der Waals surface area (Å²) in [6.07, 6.45) is 1.54. The van der Waals surface area contributed by atoms with Gasteiger partial charge < -0.3 is 14.6 Å². The largest absolute Gasteiger partial charge is 0.496 e. The van der Waals surface area contributed by atoms with Crippen molar-refractivity contribution in [1.82, 2.24) is 0 Å². The third kappa shape index (κ3) is 4.32. The maximum Gasteiger partial charge on any atom is 0.122 e. The van der Waals surface area contributed by atoms with Gasteiger partial charge in [-0.3, -0.25) is 0 Å². The SMILES string of the molecule is COc1ccccc1CCOCCCO. The van der Waals surface area contributed by atoms with Gasteiger partial charge in [-0.2, -0.15) is 0 Å². The van der Waals surface area contributed by atoms with E-state index in [2.05, 4.69) is 0 Å². The summed E-state index contributed by atoms with van der Waals surface area (Å²) in [5.41, 5.74) is 1.16. The van der Waals surface area contributed by atoms with Crippen LogP contribution in [0, 0.1) is 0 Å². The molecule has 0 aliphatic heterocycles. The molecule has 0 heterocycles. The van der Waals surface area contributed by atoms with E-state index in [1.54, 1.807) is 7.11 Å². The van der Waals surface area contributed by atoms with Gasteiger partial charge in [0.2, 0.25) is 0 Å². The fraction of sp³-hybridized carbons (Fsp3) is 0.500. The van der Waals surface area contributed by atoms with Crippen LogP contribution in [-0.4, -0.2) is 32.0 Å². The third-order valence-corrected chi connectivity index (χ3v) is 2.16. The number of rotatable bonds is 7. The lowest BCUT2D eigenvalue weighted by atomic mass is 10.1. The zero-order valence-electron chi connectivity index (χ0n) is 9.11. The van der Waals surface area contributed by atoms with Crippen LogP contribution < -0.4 is 4.74 Å². The highest BCUT2D eigenvalue weighted by atomic mass is 16.5. The molecule has 1 aromatic carbocycles. The van der Waals surface area contributed by atoms with Crippen LogP contribution >= 0.6 is 0 Å². The summed E-state index contributed by atoms with van der Waals surface area (Å²) in [5.74, 6) is 0.906. The lowest BCUT2D eigenvalue weighted by molar-refractivity contribution is 0.118. The summed E-state index contributed by atoms with van der Waals surface area (Å²) in [6.45, 7) is 1.47. The normalized spacial score (nSPS) is 10.3. The molecule has 15 heavy (non-hydrogen) atoms. The van der Waals surface area contributed by atoms with E-state index in [0.29, 0.717) is 19.6 Å². The van der Waals surface area contributed by atoms with Gasteiger partial charge in [-0.1, -0.05) is 18.2 Å². The molecule has 0 saturated carbocycles. The Balaban J connectivity index is 2.30. The number of hydrogen-bond acceptors (Lipinski definition) is 3. The highest BCUT2D eigenvalue weighted by Crippen LogP contribution is 2.17. The zero-order valence-corrected chi connectivity index (χ0v) is 9.11. The van der Waals surface area contributed by atoms with Crippen molar-refractivity contribution < 1.29 is 14.6 Å². The highest BCUT2D eigenvalue weighted by molar-refractivity contribution is 5.33. The highest BCUT2D eigenvalue weighted by Gasteiger charge is 2.00. The Morgan fingerprint density at radius 3 is 2.73 bits per heavy atom. The summed E-state index contributed by atoms with van der Waals surface area (Å²) < 4.78 is 10.6. The molecular formula is C12H18O3. The van der Waals surface area contributed by atoms with Crippen LogP contribution in [-0.2, 0) is 11.2 Å². The molecule has 0 fully saturated rings. The zero-order chi connectivity index (χ0) is 10.9. The number of para-hydroxylation sites is 1. The average Bonchev–Trinajstić information content (AvgIpc) is 2.29. The van der Waals surface area contributed by atoms with Gasteiger partial charge in [0.05, 0.1) is 13.7 Å². The molecule has 1 N–H and O–H groups in total. The lowest BCUT2D eigenvalue weighted by Gasteiger charge is -2.08. The predicted molar refractivity (Wildman–Crippen MR) is 59.2 cm³/mol. The second-order valence-electron chi connectivity index (χ2n) is 3.25. The Bertz CT molecular complexity index is 273. The second-order valence-corrected chi connectivity index (χ2v) is 3.25. The first kappa shape index (κ1) is 12.0. The molecule has 0 amide bonds. The molecule has 3 nitrogen and oxygen atoms in total. The summed E-state index contributed by atoms with van der Waals surface area (Å²) in [6, 6.07) is 7.93. The molecule has 0 saturated heterocycles. The maximum absolute atomic E-state index is 8.56. The molecule has 0 aromatic heterocycles. The molecule has 1 rings (SSSR count). The average molecular weight is 210 g/mol. The predicted octanol–water partition coefficient (Wildman–Crippen LogP) is 1.64. The first-order valence-electron chi connectivity index (χ1n) is 5.19. The van der Waals surface area contributed by atoms with Crippen LogP contribution in [0.1, 0.15) is 12.0 Å². The molecule has 0 unspecified atom stereocenters. The van der Waals surface area contributed by atoms with Gasteiger partial charge in [0.25, 0.3) is 0 Å². The van der Waals surface area contributed by atoms with Crippen LogP contribution in [0.15, 0.2) is 24.3 Å². The van der Waals surface area contributed by atoms with Crippen molar-refractivity contribution >= 4 is 0 Å². The summed E-state index contributed by atoms with van der Waals surface area (Å²) >= 11 is 0. The van der Waals surface area contributed by atoms with Crippen molar-refractivity contribution in [3.8, 4) is 5.75 Å². The molecule has 0 radical (unpaired) electrons. The quantitative estimate of drug-likeness (QED) is 0.695. The van der Waals surface area contributed by atoms with Crippen molar-refractivity contribution in [2.24, 2.45) is 0 Å². The third-order valence-electron chi connectivity index (χ3n) is 2.16. The number of hydrogen-bond donors (Lipinski definition) is 1. The molecule has 0 bridgehead atoms. The van der Waals surface area contributed by atoms with E-state index in [1.807, 2.05) is 24.3 Å². The summed E-state index contributed by atoms with van der Waals surface area (Å²) in [7, 11) is 1.67. The Morgan fingerprint density at radius 1 is 1.20 bits per heavy atom. The van der Waals surface area contributed by atoms with Crippen molar-refractivity contribution in [2.75, 3.05) is 26.9 Å². The summed E-state index contributed by atoms with van der Waals surface area (Å²) in [4.78, 5) is 0. The number of aliphatic hydroxyl groups excluding tert-OH is 1. The second kappa shape index (κ2) is 7.26. The number of ether oxygens (including phenoxy) is 2. The first-order valence-corrected chi connectivity index (χ1v) is 5.19. The molecule has 1 aromatic rings. The van der Waals surface area contributed by atoms with Crippen molar-refractivity contribution in [3.63, 3.8) is 0 Å². The van der Waals surface area contributed by atoms with Crippen LogP contribution in [0.4, 0.5) is 0 Å². The fourth-order valence-corrected chi connectivity index (χ4v) is 1.36. The van der Waals surface area contributed by atoms with Gasteiger partial charge >= 0.3 is 0 Å². The molecule has 84 valence electrons. The fourth-order valence-electron chi connectivity index (χ4n) is 1.36. The topological polar surface area (TPSA) is 38.7 Å². The lowest BCUT2D eigenvalue weighted by Crippen LogP contribution is -2.02. The van der Waals surface area contributed by atoms with Gasteiger partial charge in [0.1, 0.15) is 5.75 Å². The molecule has 0 aliphatic rings. The van der Waals surface area contributed by atoms with E-state index in [1.165, 1.54) is 0 Å². The Kier molecular flexibility index (Phi) is 5.81. The first-order chi connectivity index (χ1) is 7.38. The van der Waals surface area contributed by atoms with Gasteiger partial charge in [-0.15, -0.1) is 0 Å². The number of benzene rings is 1. The van der Waals surface area contributed by atoms with Gasteiger partial charge in [-0.25, -0.2) is 0 Å². The minimum absolute atomic E-state index is 0.189. The Labute approximate surface area is 90.6 Å². The Morgan fingerprint density at radius 2 is 2.00 bits per heavy atom. The van der Waals surface area contributed by atoms with Crippen molar-refractivity contribution in [1.29, 1.82) is 0 Å². The maximum atomic E-state index is 8.56. The van der Waals surface area contributed by atoms with Crippen LogP contribution in [0.3, 0.4) is 0 Å². The number of methoxy groups -OCH3 is 1. The van der Waals surface area contributed by atoms with Crippen molar-refractivity contribution in [3.05, 3.63) is 29.8 Å². The van der Waals surface area contributed by atoms with E-state index >= 15 is 0 Å². The molecular weight excluding hydrogens is 192 g/mol. The smallest absolute Gasteiger partial charge is 0.122 e. The van der Waals surface area contributed by atoms with E-state index in [0.717, 1.165) is 17.7 Å². The molecule has 0 aliphatic carbocycles. The van der Waals surface area contributed by atoms with Crippen LogP contribution in [0.5, 0.6) is 5.75 Å². The Hall–Kier alpha value is -1.06. The minimum Gasteiger partial charge on any atom is -0.496 e.